The Bertz CT molecular complexity index is 538. The molecular formula is C14H32N6O6S. The van der Waals surface area contributed by atoms with Gasteiger partial charge in [0.05, 0.1) is 12.4 Å². The first-order valence-electron chi connectivity index (χ1n) is 8.62. The zero-order valence-corrected chi connectivity index (χ0v) is 16.2. The number of carboxylic acids is 1. The average Bonchev–Trinajstić information content (AvgIpc) is 2.58. The molecule has 27 heavy (non-hydrogen) atoms. The van der Waals surface area contributed by atoms with Gasteiger partial charge in [-0.15, -0.1) is 0 Å². The third-order valence-corrected chi connectivity index (χ3v) is 4.57. The van der Waals surface area contributed by atoms with E-state index in [-0.39, 0.29) is 18.3 Å². The summed E-state index contributed by atoms with van der Waals surface area (Å²) in [6.45, 7) is 4.95. The Morgan fingerprint density at radius 2 is 1.70 bits per heavy atom. The molecule has 1 unspecified atom stereocenters. The van der Waals surface area contributed by atoms with E-state index in [1.165, 1.54) is 0 Å². The summed E-state index contributed by atoms with van der Waals surface area (Å²) < 4.78 is 29.6. The van der Waals surface area contributed by atoms with Crippen molar-refractivity contribution in [3.63, 3.8) is 0 Å². The van der Waals surface area contributed by atoms with Gasteiger partial charge in [0.2, 0.25) is 0 Å². The fourth-order valence-electron chi connectivity index (χ4n) is 2.29. The number of aliphatic hydroxyl groups is 1. The SMILES string of the molecule is N=C(N)NCCCC(N)C(=O)O.O=S(=O)(O)CCN1CCN(CCO)CC1. The predicted molar refractivity (Wildman–Crippen MR) is 101 cm³/mol. The third kappa shape index (κ3) is 15.3. The number of carbonyl (C=O) groups is 1. The Labute approximate surface area is 159 Å². The molecular weight excluding hydrogens is 380 g/mol. The fraction of sp³-hybridized carbons (Fsp3) is 0.857. The second-order valence-corrected chi connectivity index (χ2v) is 7.69. The highest BCUT2D eigenvalue weighted by molar-refractivity contribution is 7.85. The van der Waals surface area contributed by atoms with Crippen molar-refractivity contribution >= 4 is 22.0 Å². The molecule has 160 valence electrons. The fourth-order valence-corrected chi connectivity index (χ4v) is 2.78. The van der Waals surface area contributed by atoms with Gasteiger partial charge in [0.25, 0.3) is 10.1 Å². The minimum absolute atomic E-state index is 0.112. The summed E-state index contributed by atoms with van der Waals surface area (Å²) in [7, 11) is -3.84. The number of guanidine groups is 1. The van der Waals surface area contributed by atoms with E-state index in [0.29, 0.717) is 32.5 Å². The molecule has 0 spiro atoms. The molecule has 1 atom stereocenters. The number of hydrogen-bond acceptors (Lipinski definition) is 8. The maximum atomic E-state index is 10.5. The first-order valence-corrected chi connectivity index (χ1v) is 10.2. The van der Waals surface area contributed by atoms with Crippen LogP contribution in [0.5, 0.6) is 0 Å². The Balaban J connectivity index is 0.000000516. The zero-order chi connectivity index (χ0) is 20.9. The second kappa shape index (κ2) is 13.6. The molecule has 0 amide bonds. The van der Waals surface area contributed by atoms with Crippen molar-refractivity contribution in [2.75, 3.05) is 58.2 Å². The van der Waals surface area contributed by atoms with Gasteiger partial charge in [-0.2, -0.15) is 8.42 Å². The molecule has 0 bridgehead atoms. The monoisotopic (exact) mass is 412 g/mol. The second-order valence-electron chi connectivity index (χ2n) is 6.12. The first-order chi connectivity index (χ1) is 12.5. The van der Waals surface area contributed by atoms with Crippen molar-refractivity contribution in [3.8, 4) is 0 Å². The quantitative estimate of drug-likeness (QED) is 0.0840. The number of β-amino-alcohol motifs (C(OH)–C–C–N with tert-alkyl or cyclic N) is 1. The lowest BCUT2D eigenvalue weighted by Crippen LogP contribution is -2.48. The van der Waals surface area contributed by atoms with Crippen LogP contribution >= 0.6 is 0 Å². The van der Waals surface area contributed by atoms with Crippen molar-refractivity contribution in [2.24, 2.45) is 11.5 Å². The van der Waals surface area contributed by atoms with Crippen LogP contribution in [0.4, 0.5) is 0 Å². The molecule has 1 saturated heterocycles. The highest BCUT2D eigenvalue weighted by Gasteiger charge is 2.17. The van der Waals surface area contributed by atoms with Crippen molar-refractivity contribution in [3.05, 3.63) is 0 Å². The number of aliphatic carboxylic acids is 1. The van der Waals surface area contributed by atoms with Crippen LogP contribution in [0.2, 0.25) is 0 Å². The van der Waals surface area contributed by atoms with Crippen LogP contribution < -0.4 is 16.8 Å². The van der Waals surface area contributed by atoms with Gasteiger partial charge in [-0.1, -0.05) is 0 Å². The zero-order valence-electron chi connectivity index (χ0n) is 15.4. The topological polar surface area (TPSA) is 206 Å². The van der Waals surface area contributed by atoms with Gasteiger partial charge in [0.15, 0.2) is 5.96 Å². The van der Waals surface area contributed by atoms with Crippen LogP contribution in [0.25, 0.3) is 0 Å². The number of nitrogens with one attached hydrogen (secondary N) is 2. The molecule has 13 heteroatoms. The lowest BCUT2D eigenvalue weighted by Gasteiger charge is -2.33. The van der Waals surface area contributed by atoms with Gasteiger partial charge < -0.3 is 27.0 Å². The average molecular weight is 413 g/mol. The number of hydrogen-bond donors (Lipinski definition) is 7. The highest BCUT2D eigenvalue weighted by Crippen LogP contribution is 2.01. The molecule has 0 aromatic carbocycles. The molecule has 12 nitrogen and oxygen atoms in total. The predicted octanol–water partition coefficient (Wildman–Crippen LogP) is -2.85. The number of nitrogens with two attached hydrogens (primary N) is 2. The number of aliphatic hydroxyl groups excluding tert-OH is 1. The summed E-state index contributed by atoms with van der Waals surface area (Å²) in [5.74, 6) is -1.32. The van der Waals surface area contributed by atoms with E-state index >= 15 is 0 Å². The van der Waals surface area contributed by atoms with Crippen molar-refractivity contribution < 1.29 is 28.0 Å². The minimum Gasteiger partial charge on any atom is -0.480 e. The van der Waals surface area contributed by atoms with Crippen molar-refractivity contribution in [1.29, 1.82) is 5.41 Å². The molecule has 9 N–H and O–H groups in total. The van der Waals surface area contributed by atoms with Gasteiger partial charge in [-0.25, -0.2) is 0 Å². The number of nitrogens with zero attached hydrogens (tertiary/aromatic N) is 2. The largest absolute Gasteiger partial charge is 0.480 e. The molecule has 1 aliphatic rings. The van der Waals surface area contributed by atoms with Gasteiger partial charge >= 0.3 is 5.97 Å². The summed E-state index contributed by atoms with van der Waals surface area (Å²) >= 11 is 0. The number of piperazine rings is 1. The van der Waals surface area contributed by atoms with Crippen LogP contribution in [0, 0.1) is 5.41 Å². The maximum absolute atomic E-state index is 10.5. The lowest BCUT2D eigenvalue weighted by atomic mass is 10.2. The van der Waals surface area contributed by atoms with Gasteiger partial charge in [0, 0.05) is 45.8 Å². The molecule has 0 saturated carbocycles. The van der Waals surface area contributed by atoms with E-state index in [2.05, 4.69) is 10.2 Å². The lowest BCUT2D eigenvalue weighted by molar-refractivity contribution is -0.138. The minimum atomic E-state index is -3.84. The molecule has 1 rings (SSSR count). The van der Waals surface area contributed by atoms with E-state index in [9.17, 15) is 13.2 Å². The highest BCUT2D eigenvalue weighted by atomic mass is 32.2. The Hall–Kier alpha value is -1.51. The van der Waals surface area contributed by atoms with Crippen molar-refractivity contribution in [2.45, 2.75) is 18.9 Å². The normalized spacial score (nSPS) is 16.9. The summed E-state index contributed by atoms with van der Waals surface area (Å²) in [5, 5.41) is 26.4. The molecule has 0 aromatic heterocycles. The third-order valence-electron chi connectivity index (χ3n) is 3.87. The van der Waals surface area contributed by atoms with E-state index < -0.39 is 22.1 Å². The Kier molecular flexibility index (Phi) is 12.9. The van der Waals surface area contributed by atoms with Crippen molar-refractivity contribution in [1.82, 2.24) is 15.1 Å². The Morgan fingerprint density at radius 3 is 2.11 bits per heavy atom. The van der Waals surface area contributed by atoms with Crippen LogP contribution in [-0.4, -0.2) is 109 Å². The van der Waals surface area contributed by atoms with E-state index in [1.54, 1.807) is 0 Å². The summed E-state index contributed by atoms with van der Waals surface area (Å²) in [5.41, 5.74) is 10.2. The standard InChI is InChI=1S/C8H18N2O4S.C6H14N4O2/c11-7-5-9-1-3-10(4-2-9)6-8-15(12,13)14;7-4(5(11)12)2-1-3-10-6(8)9/h11H,1-8H2,(H,12,13,14);4H,1-3,7H2,(H,11,12)(H4,8,9,10). The van der Waals surface area contributed by atoms with E-state index in [1.807, 2.05) is 4.90 Å². The molecule has 1 fully saturated rings. The number of carboxylic acid groups (broad SMARTS) is 1. The molecule has 0 aromatic rings. The Morgan fingerprint density at radius 1 is 1.19 bits per heavy atom. The summed E-state index contributed by atoms with van der Waals surface area (Å²) in [4.78, 5) is 14.3. The maximum Gasteiger partial charge on any atom is 0.320 e. The van der Waals surface area contributed by atoms with Gasteiger partial charge in [0.1, 0.15) is 6.04 Å². The van der Waals surface area contributed by atoms with Gasteiger partial charge in [-0.3, -0.25) is 24.6 Å². The van der Waals surface area contributed by atoms with Gasteiger partial charge in [-0.05, 0) is 12.8 Å². The number of rotatable bonds is 10. The molecule has 1 aliphatic heterocycles. The first kappa shape index (κ1) is 25.5. The van der Waals surface area contributed by atoms with Crippen LogP contribution in [0.3, 0.4) is 0 Å². The smallest absolute Gasteiger partial charge is 0.320 e. The van der Waals surface area contributed by atoms with Crippen LogP contribution in [0.15, 0.2) is 0 Å². The molecule has 1 heterocycles. The van der Waals surface area contributed by atoms with E-state index in [0.717, 1.165) is 26.2 Å². The molecule has 0 aliphatic carbocycles. The van der Waals surface area contributed by atoms with Crippen LogP contribution in [-0.2, 0) is 14.9 Å². The summed E-state index contributed by atoms with van der Waals surface area (Å²) in [6.07, 6.45) is 0.975. The molecule has 0 radical (unpaired) electrons. The van der Waals surface area contributed by atoms with E-state index in [4.69, 9.17) is 31.6 Å². The summed E-state index contributed by atoms with van der Waals surface area (Å²) in [6, 6.07) is -0.821. The van der Waals surface area contributed by atoms with Crippen LogP contribution in [0.1, 0.15) is 12.8 Å².